The lowest BCUT2D eigenvalue weighted by Crippen LogP contribution is -2.18. The third-order valence-corrected chi connectivity index (χ3v) is 3.91. The van der Waals surface area contributed by atoms with Crippen LogP contribution < -0.4 is 20.1 Å². The third kappa shape index (κ3) is 4.29. The van der Waals surface area contributed by atoms with Crippen LogP contribution in [0, 0.1) is 0 Å². The Balaban J connectivity index is 1.53. The van der Waals surface area contributed by atoms with E-state index in [4.69, 9.17) is 9.47 Å². The predicted octanol–water partition coefficient (Wildman–Crippen LogP) is 2.39. The van der Waals surface area contributed by atoms with Crippen molar-refractivity contribution in [3.8, 4) is 11.5 Å². The number of hydrogen-bond donors (Lipinski definition) is 2. The molecule has 0 aliphatic carbocycles. The first-order valence-electron chi connectivity index (χ1n) is 8.16. The summed E-state index contributed by atoms with van der Waals surface area (Å²) in [5.41, 5.74) is 2.24. The second-order valence-corrected chi connectivity index (χ2v) is 5.68. The monoisotopic (exact) mass is 340 g/mol. The van der Waals surface area contributed by atoms with Crippen LogP contribution in [0.3, 0.4) is 0 Å². The molecule has 0 fully saturated rings. The fourth-order valence-corrected chi connectivity index (χ4v) is 2.57. The van der Waals surface area contributed by atoms with Gasteiger partial charge in [0, 0.05) is 24.7 Å². The van der Waals surface area contributed by atoms with Gasteiger partial charge in [-0.25, -0.2) is 0 Å². The van der Waals surface area contributed by atoms with Crippen molar-refractivity contribution < 1.29 is 19.1 Å². The van der Waals surface area contributed by atoms with Crippen molar-refractivity contribution in [2.24, 2.45) is 0 Å². The Morgan fingerprint density at radius 3 is 2.44 bits per heavy atom. The van der Waals surface area contributed by atoms with Crippen molar-refractivity contribution in [2.45, 2.75) is 12.8 Å². The average molecular weight is 340 g/mol. The van der Waals surface area contributed by atoms with E-state index in [0.29, 0.717) is 37.3 Å². The highest BCUT2D eigenvalue weighted by Gasteiger charge is 2.12. The quantitative estimate of drug-likeness (QED) is 0.876. The summed E-state index contributed by atoms with van der Waals surface area (Å²) in [7, 11) is 1.58. The Labute approximate surface area is 146 Å². The first-order valence-corrected chi connectivity index (χ1v) is 8.16. The molecule has 25 heavy (non-hydrogen) atoms. The van der Waals surface area contributed by atoms with Gasteiger partial charge in [-0.15, -0.1) is 0 Å². The summed E-state index contributed by atoms with van der Waals surface area (Å²) in [6.45, 7) is 1.11. The highest BCUT2D eigenvalue weighted by molar-refractivity contribution is 5.95. The zero-order chi connectivity index (χ0) is 17.6. The van der Waals surface area contributed by atoms with E-state index in [1.54, 1.807) is 31.3 Å². The predicted molar refractivity (Wildman–Crippen MR) is 94.2 cm³/mol. The molecular formula is C19H20N2O4. The number of carbonyl (C=O) groups is 2. The summed E-state index contributed by atoms with van der Waals surface area (Å²) >= 11 is 0. The maximum atomic E-state index is 12.1. The first kappa shape index (κ1) is 16.8. The summed E-state index contributed by atoms with van der Waals surface area (Å²) in [6, 6.07) is 12.5. The molecule has 0 spiro atoms. The number of benzene rings is 2. The van der Waals surface area contributed by atoms with Crippen LogP contribution in [0.25, 0.3) is 0 Å². The molecule has 1 heterocycles. The highest BCUT2D eigenvalue weighted by atomic mass is 16.6. The van der Waals surface area contributed by atoms with Crippen LogP contribution in [-0.2, 0) is 11.2 Å². The fraction of sp³-hybridized carbons (Fsp3) is 0.263. The molecule has 0 radical (unpaired) electrons. The number of aryl methyl sites for hydroxylation is 1. The van der Waals surface area contributed by atoms with Crippen LogP contribution in [0.1, 0.15) is 22.3 Å². The minimum atomic E-state index is -0.156. The molecule has 1 aliphatic heterocycles. The maximum absolute atomic E-state index is 12.1. The average Bonchev–Trinajstić information content (AvgIpc) is 2.66. The number of carbonyl (C=O) groups excluding carboxylic acids is 2. The zero-order valence-electron chi connectivity index (χ0n) is 14.0. The van der Waals surface area contributed by atoms with Gasteiger partial charge in [-0.3, -0.25) is 9.59 Å². The van der Waals surface area contributed by atoms with Gasteiger partial charge >= 0.3 is 0 Å². The van der Waals surface area contributed by atoms with Crippen LogP contribution in [0.2, 0.25) is 0 Å². The van der Waals surface area contributed by atoms with E-state index >= 15 is 0 Å². The van der Waals surface area contributed by atoms with E-state index in [-0.39, 0.29) is 11.8 Å². The van der Waals surface area contributed by atoms with Crippen molar-refractivity contribution in [3.05, 3.63) is 53.6 Å². The lowest BCUT2D eigenvalue weighted by molar-refractivity contribution is -0.116. The molecule has 6 heteroatoms. The van der Waals surface area contributed by atoms with Gasteiger partial charge in [0.1, 0.15) is 13.2 Å². The molecule has 0 bridgehead atoms. The van der Waals surface area contributed by atoms with E-state index in [0.717, 1.165) is 17.1 Å². The minimum Gasteiger partial charge on any atom is -0.486 e. The standard InChI is InChI=1S/C19H20N2O4/c1-20-19(23)14-4-6-15(7-5-14)21-18(22)9-3-13-2-8-16-17(12-13)25-11-10-24-16/h2,4-8,12H,3,9-11H2,1H3,(H,20,23)(H,21,22). The van der Waals surface area contributed by atoms with Crippen LogP contribution >= 0.6 is 0 Å². The molecule has 0 unspecified atom stereocenters. The van der Waals surface area contributed by atoms with Gasteiger partial charge in [0.05, 0.1) is 0 Å². The van der Waals surface area contributed by atoms with Gasteiger partial charge in [-0.1, -0.05) is 6.07 Å². The molecule has 2 amide bonds. The number of fused-ring (bicyclic) bond motifs is 1. The molecule has 0 aromatic heterocycles. The van der Waals surface area contributed by atoms with Crippen molar-refractivity contribution in [1.82, 2.24) is 5.32 Å². The Morgan fingerprint density at radius 1 is 1.00 bits per heavy atom. The third-order valence-electron chi connectivity index (χ3n) is 3.91. The van der Waals surface area contributed by atoms with Crippen LogP contribution in [0.5, 0.6) is 11.5 Å². The van der Waals surface area contributed by atoms with Crippen LogP contribution in [0.15, 0.2) is 42.5 Å². The topological polar surface area (TPSA) is 76.7 Å². The molecule has 3 rings (SSSR count). The fourth-order valence-electron chi connectivity index (χ4n) is 2.57. The number of amides is 2. The van der Waals surface area contributed by atoms with Crippen LogP contribution in [-0.4, -0.2) is 32.1 Å². The van der Waals surface area contributed by atoms with Crippen molar-refractivity contribution in [2.75, 3.05) is 25.6 Å². The van der Waals surface area contributed by atoms with Gasteiger partial charge in [0.2, 0.25) is 5.91 Å². The summed E-state index contributed by atoms with van der Waals surface area (Å²) in [5, 5.41) is 5.39. The molecule has 6 nitrogen and oxygen atoms in total. The molecular weight excluding hydrogens is 320 g/mol. The second kappa shape index (κ2) is 7.70. The number of ether oxygens (including phenoxy) is 2. The van der Waals surface area contributed by atoms with Crippen molar-refractivity contribution in [3.63, 3.8) is 0 Å². The van der Waals surface area contributed by atoms with E-state index < -0.39 is 0 Å². The van der Waals surface area contributed by atoms with Gasteiger partial charge in [0.15, 0.2) is 11.5 Å². The van der Waals surface area contributed by atoms with Gasteiger partial charge < -0.3 is 20.1 Å². The van der Waals surface area contributed by atoms with Gasteiger partial charge in [0.25, 0.3) is 5.91 Å². The van der Waals surface area contributed by atoms with Crippen molar-refractivity contribution >= 4 is 17.5 Å². The Hall–Kier alpha value is -3.02. The first-order chi connectivity index (χ1) is 12.2. The number of nitrogens with one attached hydrogen (secondary N) is 2. The summed E-state index contributed by atoms with van der Waals surface area (Å²) in [6.07, 6.45) is 0.968. The summed E-state index contributed by atoms with van der Waals surface area (Å²) < 4.78 is 11.0. The normalized spacial score (nSPS) is 12.4. The Kier molecular flexibility index (Phi) is 5.18. The molecule has 0 saturated heterocycles. The minimum absolute atomic E-state index is 0.0809. The number of anilines is 1. The molecule has 2 aromatic rings. The Bertz CT molecular complexity index is 771. The maximum Gasteiger partial charge on any atom is 0.251 e. The van der Waals surface area contributed by atoms with E-state index in [9.17, 15) is 9.59 Å². The summed E-state index contributed by atoms with van der Waals surface area (Å²) in [5.74, 6) is 1.24. The SMILES string of the molecule is CNC(=O)c1ccc(NC(=O)CCc2ccc3c(c2)OCCO3)cc1. The van der Waals surface area contributed by atoms with Gasteiger partial charge in [-0.2, -0.15) is 0 Å². The molecule has 130 valence electrons. The van der Waals surface area contributed by atoms with Crippen LogP contribution in [0.4, 0.5) is 5.69 Å². The van der Waals surface area contributed by atoms with E-state index in [1.165, 1.54) is 0 Å². The molecule has 1 aliphatic rings. The van der Waals surface area contributed by atoms with Crippen molar-refractivity contribution in [1.29, 1.82) is 0 Å². The highest BCUT2D eigenvalue weighted by Crippen LogP contribution is 2.31. The lowest BCUT2D eigenvalue weighted by Gasteiger charge is -2.18. The second-order valence-electron chi connectivity index (χ2n) is 5.68. The molecule has 2 N–H and O–H groups in total. The van der Waals surface area contributed by atoms with Gasteiger partial charge in [-0.05, 0) is 48.4 Å². The van der Waals surface area contributed by atoms with E-state index in [2.05, 4.69) is 10.6 Å². The molecule has 2 aromatic carbocycles. The number of rotatable bonds is 5. The number of hydrogen-bond acceptors (Lipinski definition) is 4. The lowest BCUT2D eigenvalue weighted by atomic mass is 10.1. The Morgan fingerprint density at radius 2 is 1.72 bits per heavy atom. The zero-order valence-corrected chi connectivity index (χ0v) is 14.0. The van der Waals surface area contributed by atoms with E-state index in [1.807, 2.05) is 18.2 Å². The molecule has 0 saturated carbocycles. The summed E-state index contributed by atoms with van der Waals surface area (Å²) in [4.78, 5) is 23.6. The smallest absolute Gasteiger partial charge is 0.251 e. The molecule has 0 atom stereocenters. The largest absolute Gasteiger partial charge is 0.486 e.